The second kappa shape index (κ2) is 8.88. The third kappa shape index (κ3) is 4.27. The van der Waals surface area contributed by atoms with Gasteiger partial charge in [0.2, 0.25) is 6.10 Å². The predicted octanol–water partition coefficient (Wildman–Crippen LogP) is 3.31. The Morgan fingerprint density at radius 3 is 2.77 bits per heavy atom. The van der Waals surface area contributed by atoms with Gasteiger partial charge in [0.15, 0.2) is 11.5 Å². The maximum atomic E-state index is 13.1. The van der Waals surface area contributed by atoms with E-state index in [1.54, 1.807) is 6.07 Å². The molecule has 5 rings (SSSR count). The van der Waals surface area contributed by atoms with Crippen molar-refractivity contribution in [3.63, 3.8) is 0 Å². The molecule has 0 spiro atoms. The van der Waals surface area contributed by atoms with Gasteiger partial charge in [-0.25, -0.2) is 0 Å². The van der Waals surface area contributed by atoms with Gasteiger partial charge in [0, 0.05) is 18.0 Å². The molecule has 2 amide bonds. The van der Waals surface area contributed by atoms with E-state index in [4.69, 9.17) is 14.2 Å². The molecule has 164 valence electrons. The second-order valence-corrected chi connectivity index (χ2v) is 9.22. The van der Waals surface area contributed by atoms with Crippen LogP contribution in [-0.2, 0) is 22.4 Å². The largest absolute Gasteiger partial charge is 0.485 e. The normalized spacial score (nSPS) is 21.9. The average molecular weight is 443 g/mol. The maximum Gasteiger partial charge on any atom is 0.269 e. The number of fused-ring (bicyclic) bond motifs is 2. The van der Waals surface area contributed by atoms with Gasteiger partial charge in [0.05, 0.1) is 11.7 Å². The molecule has 1 aliphatic carbocycles. The van der Waals surface area contributed by atoms with Crippen LogP contribution in [0, 0.1) is 0 Å². The predicted molar refractivity (Wildman–Crippen MR) is 117 cm³/mol. The first-order valence-electron chi connectivity index (χ1n) is 10.9. The Hall–Kier alpha value is -2.58. The summed E-state index contributed by atoms with van der Waals surface area (Å²) in [5, 5.41) is 6.58. The van der Waals surface area contributed by atoms with Crippen molar-refractivity contribution >= 4 is 28.2 Å². The third-order valence-corrected chi connectivity index (χ3v) is 7.16. The fourth-order valence-corrected chi connectivity index (χ4v) is 5.63. The number of ether oxygens (including phenoxy) is 3. The summed E-state index contributed by atoms with van der Waals surface area (Å²) in [4.78, 5) is 27.3. The minimum absolute atomic E-state index is 0.0734. The molecule has 0 unspecified atom stereocenters. The van der Waals surface area contributed by atoms with Crippen LogP contribution >= 0.6 is 11.3 Å². The highest BCUT2D eigenvalue weighted by Crippen LogP contribution is 2.39. The van der Waals surface area contributed by atoms with E-state index in [-0.39, 0.29) is 24.5 Å². The summed E-state index contributed by atoms with van der Waals surface area (Å²) in [5.74, 6) is 0.735. The second-order valence-electron chi connectivity index (χ2n) is 8.11. The zero-order valence-corrected chi connectivity index (χ0v) is 18.1. The number of hydrogen-bond donors (Lipinski definition) is 2. The number of thiophene rings is 1. The Labute approximate surface area is 185 Å². The van der Waals surface area contributed by atoms with Gasteiger partial charge in [-0.2, -0.15) is 0 Å². The van der Waals surface area contributed by atoms with E-state index < -0.39 is 6.10 Å². The van der Waals surface area contributed by atoms with E-state index in [9.17, 15) is 9.59 Å². The lowest BCUT2D eigenvalue weighted by atomic mass is 9.95. The minimum Gasteiger partial charge on any atom is -0.485 e. The highest BCUT2D eigenvalue weighted by atomic mass is 32.1. The standard InChI is InChI=1S/C23H26N2O5S/c26-21(18-13-29-16-8-2-3-9-17(16)30-18)25-23-20(15-7-1-4-10-19(15)31-23)22(27)24-12-14-6-5-11-28-14/h2-3,8-9,14,18H,1,4-7,10-13H2,(H,24,27)(H,25,26)/t14-,18+/m0/s1. The van der Waals surface area contributed by atoms with E-state index in [0.717, 1.165) is 50.7 Å². The Balaban J connectivity index is 1.33. The van der Waals surface area contributed by atoms with Crippen molar-refractivity contribution in [2.45, 2.75) is 50.7 Å². The number of hydrogen-bond acceptors (Lipinski definition) is 6. The number of aryl methyl sites for hydroxylation is 1. The molecule has 3 heterocycles. The number of nitrogens with one attached hydrogen (secondary N) is 2. The number of benzene rings is 1. The summed E-state index contributed by atoms with van der Waals surface area (Å²) >= 11 is 1.51. The van der Waals surface area contributed by atoms with Crippen molar-refractivity contribution in [3.05, 3.63) is 40.3 Å². The van der Waals surface area contributed by atoms with Gasteiger partial charge in [-0.1, -0.05) is 12.1 Å². The molecule has 2 aromatic rings. The van der Waals surface area contributed by atoms with Gasteiger partial charge < -0.3 is 24.8 Å². The van der Waals surface area contributed by atoms with Crippen molar-refractivity contribution in [2.24, 2.45) is 0 Å². The van der Waals surface area contributed by atoms with Crippen LogP contribution in [0.4, 0.5) is 5.00 Å². The Kier molecular flexibility index (Phi) is 5.82. The molecule has 1 fully saturated rings. The molecule has 2 atom stereocenters. The molecule has 8 heteroatoms. The molecule has 0 saturated carbocycles. The first kappa shape index (κ1) is 20.3. The van der Waals surface area contributed by atoms with Gasteiger partial charge in [0.1, 0.15) is 11.6 Å². The molecular formula is C23H26N2O5S. The van der Waals surface area contributed by atoms with Crippen molar-refractivity contribution in [1.82, 2.24) is 5.32 Å². The molecule has 0 bridgehead atoms. The van der Waals surface area contributed by atoms with Crippen LogP contribution in [-0.4, -0.2) is 43.8 Å². The number of carbonyl (C=O) groups excluding carboxylic acids is 2. The summed E-state index contributed by atoms with van der Waals surface area (Å²) in [7, 11) is 0. The molecule has 2 N–H and O–H groups in total. The van der Waals surface area contributed by atoms with Gasteiger partial charge in [0.25, 0.3) is 11.8 Å². The monoisotopic (exact) mass is 442 g/mol. The number of anilines is 1. The lowest BCUT2D eigenvalue weighted by Gasteiger charge is -2.25. The van der Waals surface area contributed by atoms with E-state index in [2.05, 4.69) is 10.6 Å². The highest BCUT2D eigenvalue weighted by Gasteiger charge is 2.31. The Morgan fingerprint density at radius 1 is 1.10 bits per heavy atom. The smallest absolute Gasteiger partial charge is 0.269 e. The van der Waals surface area contributed by atoms with Crippen molar-refractivity contribution in [3.8, 4) is 11.5 Å². The van der Waals surface area contributed by atoms with Crippen LogP contribution < -0.4 is 20.1 Å². The van der Waals surface area contributed by atoms with E-state index >= 15 is 0 Å². The van der Waals surface area contributed by atoms with Gasteiger partial charge in [-0.15, -0.1) is 11.3 Å². The molecule has 7 nitrogen and oxygen atoms in total. The van der Waals surface area contributed by atoms with Gasteiger partial charge >= 0.3 is 0 Å². The van der Waals surface area contributed by atoms with Crippen LogP contribution in [0.2, 0.25) is 0 Å². The topological polar surface area (TPSA) is 85.9 Å². The summed E-state index contributed by atoms with van der Waals surface area (Å²) in [5.41, 5.74) is 1.67. The van der Waals surface area contributed by atoms with Crippen LogP contribution in [0.5, 0.6) is 11.5 Å². The summed E-state index contributed by atoms with van der Waals surface area (Å²) in [6.07, 6.45) is 5.27. The molecule has 2 aliphatic heterocycles. The number of para-hydroxylation sites is 2. The Bertz CT molecular complexity index is 982. The number of rotatable bonds is 5. The average Bonchev–Trinajstić information content (AvgIpc) is 3.44. The summed E-state index contributed by atoms with van der Waals surface area (Å²) in [6, 6.07) is 7.29. The first-order valence-corrected chi connectivity index (χ1v) is 11.7. The van der Waals surface area contributed by atoms with Crippen LogP contribution in [0.15, 0.2) is 24.3 Å². The van der Waals surface area contributed by atoms with E-state index in [1.165, 1.54) is 16.2 Å². The summed E-state index contributed by atoms with van der Waals surface area (Å²) < 4.78 is 17.1. The molecule has 1 aromatic heterocycles. The van der Waals surface area contributed by atoms with Crippen molar-refractivity contribution in [2.75, 3.05) is 25.1 Å². The lowest BCUT2D eigenvalue weighted by Crippen LogP contribution is -2.40. The molecule has 31 heavy (non-hydrogen) atoms. The molecule has 1 saturated heterocycles. The highest BCUT2D eigenvalue weighted by molar-refractivity contribution is 7.17. The van der Waals surface area contributed by atoms with E-state index in [0.29, 0.717) is 28.6 Å². The fourth-order valence-electron chi connectivity index (χ4n) is 4.34. The molecule has 1 aromatic carbocycles. The quantitative estimate of drug-likeness (QED) is 0.742. The minimum atomic E-state index is -0.767. The molecule has 0 radical (unpaired) electrons. The zero-order chi connectivity index (χ0) is 21.2. The van der Waals surface area contributed by atoms with Crippen LogP contribution in [0.3, 0.4) is 0 Å². The SMILES string of the molecule is O=C(NC[C@@H]1CCCO1)c1c(NC(=O)[C@H]2COc3ccccc3O2)sc2c1CCCC2. The summed E-state index contributed by atoms with van der Waals surface area (Å²) in [6.45, 7) is 1.38. The van der Waals surface area contributed by atoms with Gasteiger partial charge in [-0.05, 0) is 56.2 Å². The Morgan fingerprint density at radius 2 is 1.94 bits per heavy atom. The fraction of sp³-hybridized carbons (Fsp3) is 0.478. The third-order valence-electron chi connectivity index (χ3n) is 5.95. The van der Waals surface area contributed by atoms with Crippen molar-refractivity contribution in [1.29, 1.82) is 0 Å². The number of carbonyl (C=O) groups is 2. The van der Waals surface area contributed by atoms with Crippen LogP contribution in [0.25, 0.3) is 0 Å². The first-order chi connectivity index (χ1) is 15.2. The van der Waals surface area contributed by atoms with Gasteiger partial charge in [-0.3, -0.25) is 9.59 Å². The van der Waals surface area contributed by atoms with Crippen molar-refractivity contribution < 1.29 is 23.8 Å². The number of amides is 2. The van der Waals surface area contributed by atoms with Crippen LogP contribution in [0.1, 0.15) is 46.5 Å². The van der Waals surface area contributed by atoms with E-state index in [1.807, 2.05) is 18.2 Å². The maximum absolute atomic E-state index is 13.1. The lowest BCUT2D eigenvalue weighted by molar-refractivity contribution is -0.125. The zero-order valence-electron chi connectivity index (χ0n) is 17.3. The molecular weight excluding hydrogens is 416 g/mol. The molecule has 3 aliphatic rings.